The third kappa shape index (κ3) is 3.81. The molecule has 1 aromatic heterocycles. The van der Waals surface area contributed by atoms with Crippen LogP contribution in [0.15, 0.2) is 65.2 Å². The highest BCUT2D eigenvalue weighted by Crippen LogP contribution is 2.40. The minimum Gasteiger partial charge on any atom is -0.488 e. The van der Waals surface area contributed by atoms with Crippen LogP contribution in [0.4, 0.5) is 4.39 Å². The van der Waals surface area contributed by atoms with Crippen molar-refractivity contribution in [3.63, 3.8) is 0 Å². The first kappa shape index (κ1) is 19.8. The van der Waals surface area contributed by atoms with E-state index in [0.29, 0.717) is 6.61 Å². The van der Waals surface area contributed by atoms with Gasteiger partial charge in [-0.25, -0.2) is 4.39 Å². The molecule has 6 rings (SSSR count). The summed E-state index contributed by atoms with van der Waals surface area (Å²) in [6.45, 7) is 0.346. The summed E-state index contributed by atoms with van der Waals surface area (Å²) in [4.78, 5) is 2.17. The number of fused-ring (bicyclic) bond motifs is 4. The third-order valence-electron chi connectivity index (χ3n) is 5.99. The Labute approximate surface area is 181 Å². The van der Waals surface area contributed by atoms with Gasteiger partial charge in [-0.15, -0.1) is 0 Å². The molecule has 1 atom stereocenters. The molecule has 0 saturated carbocycles. The third-order valence-corrected chi connectivity index (χ3v) is 5.99. The average Bonchev–Trinajstić information content (AvgIpc) is 3.18. The van der Waals surface area contributed by atoms with Gasteiger partial charge in [0.25, 0.3) is 0 Å². The topological polar surface area (TPSA) is 38.5 Å². The number of hydrogen-bond acceptors (Lipinski definition) is 4. The molecule has 2 aliphatic carbocycles. The Morgan fingerprint density at radius 3 is 2.52 bits per heavy atom. The summed E-state index contributed by atoms with van der Waals surface area (Å²) in [5.74, 6) is 0.497. The monoisotopic (exact) mass is 416 g/mol. The van der Waals surface area contributed by atoms with Crippen LogP contribution in [0.25, 0.3) is 11.0 Å². The predicted molar refractivity (Wildman–Crippen MR) is 119 cm³/mol. The molecule has 0 amide bonds. The Kier molecular flexibility index (Phi) is 5.20. The van der Waals surface area contributed by atoms with Crippen LogP contribution < -0.4 is 4.74 Å². The van der Waals surface area contributed by atoms with Crippen LogP contribution in [-0.4, -0.2) is 24.2 Å². The van der Waals surface area contributed by atoms with Gasteiger partial charge in [0.1, 0.15) is 18.2 Å². The minimum absolute atomic E-state index is 0.0544. The Balaban J connectivity index is 1.64. The standard InChI is InChI=1S/C26H25FN2O2/c1-29(2)25-19-10-6-17(7-11-19)4-3-5-22-21-14-15-23(24(25)26(21)31-28-22)30-16-18-8-12-20(27)13-9-18/h6-15,25H,3-5,16H2,1-2H3. The molecule has 0 N–H and O–H groups in total. The maximum Gasteiger partial charge on any atom is 0.175 e. The van der Waals surface area contributed by atoms with Crippen molar-refractivity contribution in [1.29, 1.82) is 0 Å². The number of benzene rings is 3. The number of hydrogen-bond donors (Lipinski definition) is 0. The van der Waals surface area contributed by atoms with E-state index in [4.69, 9.17) is 9.26 Å². The predicted octanol–water partition coefficient (Wildman–Crippen LogP) is 5.69. The summed E-state index contributed by atoms with van der Waals surface area (Å²) in [6.07, 6.45) is 2.92. The van der Waals surface area contributed by atoms with Gasteiger partial charge in [0.2, 0.25) is 0 Å². The second-order valence-electron chi connectivity index (χ2n) is 8.36. The van der Waals surface area contributed by atoms with E-state index in [1.807, 2.05) is 12.1 Å². The first-order valence-electron chi connectivity index (χ1n) is 10.6. The van der Waals surface area contributed by atoms with Gasteiger partial charge >= 0.3 is 0 Å². The Morgan fingerprint density at radius 1 is 1.00 bits per heavy atom. The van der Waals surface area contributed by atoms with Crippen molar-refractivity contribution in [2.45, 2.75) is 31.9 Å². The van der Waals surface area contributed by atoms with Crippen LogP contribution in [-0.2, 0) is 19.4 Å². The fraction of sp³-hybridized carbons (Fsp3) is 0.269. The van der Waals surface area contributed by atoms with E-state index in [1.165, 1.54) is 23.3 Å². The van der Waals surface area contributed by atoms with Crippen molar-refractivity contribution in [2.24, 2.45) is 0 Å². The quantitative estimate of drug-likeness (QED) is 0.429. The van der Waals surface area contributed by atoms with Crippen molar-refractivity contribution in [3.05, 3.63) is 94.4 Å². The van der Waals surface area contributed by atoms with Crippen LogP contribution in [0.1, 0.15) is 40.4 Å². The van der Waals surface area contributed by atoms with Crippen LogP contribution in [0, 0.1) is 5.82 Å². The summed E-state index contributed by atoms with van der Waals surface area (Å²) in [7, 11) is 4.12. The average molecular weight is 416 g/mol. The first-order valence-corrected chi connectivity index (χ1v) is 10.6. The molecule has 0 radical (unpaired) electrons. The highest BCUT2D eigenvalue weighted by atomic mass is 19.1. The van der Waals surface area contributed by atoms with Gasteiger partial charge in [0.15, 0.2) is 5.58 Å². The van der Waals surface area contributed by atoms with Gasteiger partial charge in [-0.2, -0.15) is 0 Å². The summed E-state index contributed by atoms with van der Waals surface area (Å²) >= 11 is 0. The highest BCUT2D eigenvalue weighted by Gasteiger charge is 2.27. The Morgan fingerprint density at radius 2 is 1.77 bits per heavy atom. The molecule has 4 nitrogen and oxygen atoms in total. The van der Waals surface area contributed by atoms with Gasteiger partial charge in [-0.3, -0.25) is 4.90 Å². The van der Waals surface area contributed by atoms with Gasteiger partial charge in [0.05, 0.1) is 17.3 Å². The lowest BCUT2D eigenvalue weighted by molar-refractivity contribution is 0.283. The molecular weight excluding hydrogens is 391 g/mol. The smallest absolute Gasteiger partial charge is 0.175 e. The Bertz CT molecular complexity index is 1200. The molecule has 1 unspecified atom stereocenters. The molecule has 3 aromatic carbocycles. The number of aryl methyl sites for hydroxylation is 2. The van der Waals surface area contributed by atoms with Gasteiger partial charge in [0, 0.05) is 5.39 Å². The van der Waals surface area contributed by atoms with E-state index < -0.39 is 0 Å². The van der Waals surface area contributed by atoms with E-state index in [9.17, 15) is 4.39 Å². The molecule has 0 aliphatic heterocycles. The number of nitrogens with zero attached hydrogens (tertiary/aromatic N) is 2. The molecule has 31 heavy (non-hydrogen) atoms. The summed E-state index contributed by atoms with van der Waals surface area (Å²) in [5, 5.41) is 5.46. The number of aromatic nitrogens is 1. The lowest BCUT2D eigenvalue weighted by Crippen LogP contribution is -2.22. The lowest BCUT2D eigenvalue weighted by atomic mass is 9.92. The van der Waals surface area contributed by atoms with Crippen LogP contribution in [0.2, 0.25) is 0 Å². The number of halogens is 1. The minimum atomic E-state index is -0.252. The van der Waals surface area contributed by atoms with E-state index in [0.717, 1.165) is 52.8 Å². The zero-order chi connectivity index (χ0) is 21.4. The maximum absolute atomic E-state index is 13.3. The summed E-state index contributed by atoms with van der Waals surface area (Å²) in [6, 6.07) is 19.2. The molecule has 1 heterocycles. The van der Waals surface area contributed by atoms with Crippen LogP contribution in [0.3, 0.4) is 0 Å². The van der Waals surface area contributed by atoms with E-state index in [2.05, 4.69) is 48.4 Å². The largest absolute Gasteiger partial charge is 0.488 e. The van der Waals surface area contributed by atoms with E-state index in [1.54, 1.807) is 12.1 Å². The molecule has 0 saturated heterocycles. The fourth-order valence-corrected chi connectivity index (χ4v) is 4.41. The van der Waals surface area contributed by atoms with Crippen molar-refractivity contribution in [3.8, 4) is 5.75 Å². The van der Waals surface area contributed by atoms with Gasteiger partial charge < -0.3 is 9.26 Å². The maximum atomic E-state index is 13.3. The van der Waals surface area contributed by atoms with Gasteiger partial charge in [-0.05, 0) is 74.3 Å². The number of ether oxygens (including phenoxy) is 1. The summed E-state index contributed by atoms with van der Waals surface area (Å²) in [5.41, 5.74) is 6.15. The van der Waals surface area contributed by atoms with Crippen molar-refractivity contribution in [1.82, 2.24) is 10.1 Å². The highest BCUT2D eigenvalue weighted by molar-refractivity contribution is 5.85. The van der Waals surface area contributed by atoms with Crippen molar-refractivity contribution >= 4 is 11.0 Å². The van der Waals surface area contributed by atoms with Crippen LogP contribution in [0.5, 0.6) is 5.75 Å². The molecule has 2 aliphatic rings. The normalized spacial score (nSPS) is 15.9. The zero-order valence-electron chi connectivity index (χ0n) is 17.8. The fourth-order valence-electron chi connectivity index (χ4n) is 4.41. The van der Waals surface area contributed by atoms with Crippen LogP contribution >= 0.6 is 0 Å². The summed E-state index contributed by atoms with van der Waals surface area (Å²) < 4.78 is 25.5. The van der Waals surface area contributed by atoms with Gasteiger partial charge in [-0.1, -0.05) is 41.6 Å². The first-order chi connectivity index (χ1) is 15.1. The Hall–Kier alpha value is -3.18. The second-order valence-corrected chi connectivity index (χ2v) is 8.36. The molecule has 4 aromatic rings. The second kappa shape index (κ2) is 8.16. The SMILES string of the molecule is CN(C)C1c2ccc(cc2)CCCc2noc3c1c(OCc1ccc(F)cc1)ccc23. The van der Waals surface area contributed by atoms with E-state index >= 15 is 0 Å². The zero-order valence-corrected chi connectivity index (χ0v) is 17.8. The molecule has 5 heteroatoms. The molecular formula is C26H25FN2O2. The molecule has 6 bridgehead atoms. The van der Waals surface area contributed by atoms with Crippen molar-refractivity contribution in [2.75, 3.05) is 14.1 Å². The molecule has 158 valence electrons. The molecule has 0 spiro atoms. The van der Waals surface area contributed by atoms with E-state index in [-0.39, 0.29) is 11.9 Å². The van der Waals surface area contributed by atoms with Crippen molar-refractivity contribution < 1.29 is 13.7 Å². The lowest BCUT2D eigenvalue weighted by Gasteiger charge is -2.27. The number of rotatable bonds is 4. The molecule has 0 fully saturated rings.